The van der Waals surface area contributed by atoms with Crippen LogP contribution in [0.3, 0.4) is 0 Å². The number of Topliss-reactive ketones (excluding diaryl/α,β-unsaturated/α-hetero) is 1. The van der Waals surface area contributed by atoms with Gasteiger partial charge in [-0.2, -0.15) is 18.3 Å². The van der Waals surface area contributed by atoms with E-state index in [4.69, 9.17) is 0 Å². The lowest BCUT2D eigenvalue weighted by Gasteiger charge is -2.27. The second-order valence-corrected chi connectivity index (χ2v) is 12.1. The fraction of sp³-hybridized carbons (Fsp3) is 0.345. The van der Waals surface area contributed by atoms with E-state index in [1.807, 2.05) is 13.0 Å². The van der Waals surface area contributed by atoms with Gasteiger partial charge in [0.25, 0.3) is 0 Å². The van der Waals surface area contributed by atoms with Gasteiger partial charge in [0.15, 0.2) is 5.78 Å². The van der Waals surface area contributed by atoms with Crippen LogP contribution in [-0.4, -0.2) is 59.3 Å². The number of halogens is 4. The molecule has 1 N–H and O–H groups in total. The Hall–Kier alpha value is -4.20. The fourth-order valence-electron chi connectivity index (χ4n) is 5.79. The Morgan fingerprint density at radius 3 is 2.49 bits per heavy atom. The monoisotopic (exact) mass is 655 g/mol. The molecule has 2 amide bonds. The van der Waals surface area contributed by atoms with Crippen molar-refractivity contribution >= 4 is 50.2 Å². The van der Waals surface area contributed by atoms with Crippen molar-refractivity contribution in [3.8, 4) is 11.1 Å². The molecule has 0 spiro atoms. The van der Waals surface area contributed by atoms with Gasteiger partial charge >= 0.3 is 6.18 Å². The number of nitrogens with one attached hydrogen (secondary N) is 1. The van der Waals surface area contributed by atoms with E-state index in [2.05, 4.69) is 41.3 Å². The number of nitrogens with zero attached hydrogens (tertiary/aromatic N) is 6. The molecule has 1 saturated heterocycles. The number of amides is 2. The van der Waals surface area contributed by atoms with Gasteiger partial charge in [0.2, 0.25) is 11.8 Å². The van der Waals surface area contributed by atoms with Crippen molar-refractivity contribution < 1.29 is 27.6 Å². The SMILES string of the molecule is CC(=O)c1nn(CC(=O)N2[C@H](C(=O)Nc3cc(C(F)(F)F)cc(Br)n3)C[C@@]3(C)C[C@@H]23)c2ccc(-c3cnc(C)nc3)cc12. The number of ketones is 1. The summed E-state index contributed by atoms with van der Waals surface area (Å²) in [5.74, 6) is -0.939. The van der Waals surface area contributed by atoms with Gasteiger partial charge < -0.3 is 10.2 Å². The van der Waals surface area contributed by atoms with Crippen molar-refractivity contribution in [3.05, 3.63) is 64.4 Å². The van der Waals surface area contributed by atoms with E-state index >= 15 is 0 Å². The summed E-state index contributed by atoms with van der Waals surface area (Å²) in [7, 11) is 0. The summed E-state index contributed by atoms with van der Waals surface area (Å²) in [4.78, 5) is 53.5. The van der Waals surface area contributed by atoms with Crippen LogP contribution in [0, 0.1) is 12.3 Å². The van der Waals surface area contributed by atoms with Gasteiger partial charge in [-0.1, -0.05) is 13.0 Å². The average molecular weight is 656 g/mol. The average Bonchev–Trinajstić information content (AvgIpc) is 3.30. The minimum Gasteiger partial charge on any atom is -0.325 e. The summed E-state index contributed by atoms with van der Waals surface area (Å²) >= 11 is 2.96. The second-order valence-electron chi connectivity index (χ2n) is 11.3. The number of benzene rings is 1. The van der Waals surface area contributed by atoms with Crippen molar-refractivity contribution in [1.29, 1.82) is 0 Å². The largest absolute Gasteiger partial charge is 0.416 e. The molecule has 6 rings (SSSR count). The molecule has 3 aromatic heterocycles. The lowest BCUT2D eigenvalue weighted by atomic mass is 10.0. The third-order valence-corrected chi connectivity index (χ3v) is 8.49. The van der Waals surface area contributed by atoms with Gasteiger partial charge in [-0.25, -0.2) is 15.0 Å². The zero-order chi connectivity index (χ0) is 30.8. The molecule has 10 nitrogen and oxygen atoms in total. The van der Waals surface area contributed by atoms with Crippen molar-refractivity contribution in [2.45, 2.75) is 58.4 Å². The number of carbonyl (C=O) groups is 3. The van der Waals surface area contributed by atoms with Gasteiger partial charge in [0.1, 0.15) is 34.5 Å². The molecule has 3 atom stereocenters. The van der Waals surface area contributed by atoms with Crippen molar-refractivity contribution in [1.82, 2.24) is 29.6 Å². The third kappa shape index (κ3) is 5.39. The van der Waals surface area contributed by atoms with E-state index in [-0.39, 0.29) is 45.8 Å². The molecule has 4 aromatic rings. The summed E-state index contributed by atoms with van der Waals surface area (Å²) < 4.78 is 41.3. The highest BCUT2D eigenvalue weighted by atomic mass is 79.9. The number of carbonyl (C=O) groups excluding carboxylic acids is 3. The molecule has 1 aliphatic carbocycles. The zero-order valence-corrected chi connectivity index (χ0v) is 24.8. The molecule has 0 bridgehead atoms. The first kappa shape index (κ1) is 28.9. The van der Waals surface area contributed by atoms with Gasteiger partial charge in [0, 0.05) is 36.3 Å². The first-order valence-electron chi connectivity index (χ1n) is 13.4. The normalized spacial score (nSPS) is 21.1. The number of aromatic nitrogens is 5. The Kier molecular flexibility index (Phi) is 6.86. The van der Waals surface area contributed by atoms with Crippen LogP contribution in [0.1, 0.15) is 48.6 Å². The smallest absolute Gasteiger partial charge is 0.325 e. The first-order chi connectivity index (χ1) is 20.2. The summed E-state index contributed by atoms with van der Waals surface area (Å²) in [6, 6.07) is 5.86. The van der Waals surface area contributed by atoms with Crippen LogP contribution >= 0.6 is 15.9 Å². The van der Waals surface area contributed by atoms with Crippen LogP contribution in [-0.2, 0) is 22.3 Å². The number of hydrogen-bond acceptors (Lipinski definition) is 7. The molecule has 43 heavy (non-hydrogen) atoms. The third-order valence-electron chi connectivity index (χ3n) is 8.08. The molecule has 1 aliphatic heterocycles. The van der Waals surface area contributed by atoms with Crippen molar-refractivity contribution in [2.75, 3.05) is 5.32 Å². The minimum absolute atomic E-state index is 0.0864. The second kappa shape index (κ2) is 10.2. The predicted molar refractivity (Wildman–Crippen MR) is 153 cm³/mol. The van der Waals surface area contributed by atoms with Gasteiger partial charge in [-0.05, 0) is 70.9 Å². The van der Waals surface area contributed by atoms with E-state index in [1.165, 1.54) is 16.5 Å². The Labute approximate surface area is 251 Å². The number of rotatable bonds is 6. The molecular weight excluding hydrogens is 631 g/mol. The Morgan fingerprint density at radius 1 is 1.09 bits per heavy atom. The van der Waals surface area contributed by atoms with E-state index in [0.29, 0.717) is 29.6 Å². The Bertz CT molecular complexity index is 1810. The number of alkyl halides is 3. The fourth-order valence-corrected chi connectivity index (χ4v) is 6.22. The molecule has 0 unspecified atom stereocenters. The lowest BCUT2D eigenvalue weighted by Crippen LogP contribution is -2.46. The number of fused-ring (bicyclic) bond motifs is 2. The lowest BCUT2D eigenvalue weighted by molar-refractivity contribution is -0.138. The number of likely N-dealkylation sites (tertiary alicyclic amines) is 1. The predicted octanol–water partition coefficient (Wildman–Crippen LogP) is 5.20. The Balaban J connectivity index is 1.27. The highest BCUT2D eigenvalue weighted by Gasteiger charge is 2.64. The van der Waals surface area contributed by atoms with Crippen LogP contribution in [0.2, 0.25) is 0 Å². The number of aryl methyl sites for hydroxylation is 1. The molecule has 0 radical (unpaired) electrons. The molecule has 1 aromatic carbocycles. The van der Waals surface area contributed by atoms with Crippen LogP contribution in [0.15, 0.2) is 47.3 Å². The van der Waals surface area contributed by atoms with E-state index in [1.54, 1.807) is 31.5 Å². The molecule has 2 aliphatic rings. The van der Waals surface area contributed by atoms with Gasteiger partial charge in [0.05, 0.1) is 11.1 Å². The van der Waals surface area contributed by atoms with E-state index < -0.39 is 23.7 Å². The molecule has 14 heteroatoms. The standard InChI is InChI=1S/C29H25BrF3N7O3/c1-14(41)26-19-6-16(17-11-34-15(2)35-12-17)4-5-20(19)39(38-26)13-25(42)40-21(9-28(3)10-22(28)40)27(43)37-24-8-18(29(31,32)33)7-23(30)36-24/h4-8,11-12,21-22H,9-10,13H2,1-3H3,(H,36,37,43)/t21-,22+,28-/m0/s1. The quantitative estimate of drug-likeness (QED) is 0.224. The van der Waals surface area contributed by atoms with E-state index in [9.17, 15) is 27.6 Å². The van der Waals surface area contributed by atoms with Crippen LogP contribution in [0.25, 0.3) is 22.0 Å². The number of pyridine rings is 1. The maximum atomic E-state index is 13.8. The maximum absolute atomic E-state index is 13.8. The van der Waals surface area contributed by atoms with Gasteiger partial charge in [-0.3, -0.25) is 19.1 Å². The molecule has 4 heterocycles. The maximum Gasteiger partial charge on any atom is 0.416 e. The topological polar surface area (TPSA) is 123 Å². The summed E-state index contributed by atoms with van der Waals surface area (Å²) in [5, 5.41) is 7.48. The number of hydrogen-bond donors (Lipinski definition) is 1. The van der Waals surface area contributed by atoms with E-state index in [0.717, 1.165) is 23.3 Å². The highest BCUT2D eigenvalue weighted by Crippen LogP contribution is 2.59. The number of piperidine rings is 1. The van der Waals surface area contributed by atoms with Crippen molar-refractivity contribution in [3.63, 3.8) is 0 Å². The van der Waals surface area contributed by atoms with Gasteiger partial charge in [-0.15, -0.1) is 0 Å². The zero-order valence-electron chi connectivity index (χ0n) is 23.2. The molecular formula is C29H25BrF3N7O3. The van der Waals surface area contributed by atoms with Crippen LogP contribution in [0.5, 0.6) is 0 Å². The number of anilines is 1. The first-order valence-corrected chi connectivity index (χ1v) is 14.2. The summed E-state index contributed by atoms with van der Waals surface area (Å²) in [6.07, 6.45) is -0.199. The Morgan fingerprint density at radius 2 is 1.81 bits per heavy atom. The summed E-state index contributed by atoms with van der Waals surface area (Å²) in [6.45, 7) is 4.91. The molecule has 2 fully saturated rings. The molecule has 1 saturated carbocycles. The van der Waals surface area contributed by atoms with Crippen LogP contribution < -0.4 is 5.32 Å². The minimum atomic E-state index is -4.63. The van der Waals surface area contributed by atoms with Crippen molar-refractivity contribution in [2.24, 2.45) is 5.41 Å². The highest BCUT2D eigenvalue weighted by molar-refractivity contribution is 9.10. The molecule has 222 valence electrons. The van der Waals surface area contributed by atoms with Crippen LogP contribution in [0.4, 0.5) is 19.0 Å². The summed E-state index contributed by atoms with van der Waals surface area (Å²) in [5.41, 5.74) is 1.05.